The Morgan fingerprint density at radius 2 is 1.84 bits per heavy atom. The van der Waals surface area contributed by atoms with Crippen molar-refractivity contribution in [2.75, 3.05) is 18.4 Å². The molecule has 3 atom stereocenters. The smallest absolute Gasteiger partial charge is 0.325 e. The van der Waals surface area contributed by atoms with Gasteiger partial charge in [0.2, 0.25) is 5.91 Å². The molecule has 8 nitrogen and oxygen atoms in total. The molecule has 1 aliphatic carbocycles. The molecule has 0 radical (unpaired) electrons. The first-order valence-corrected chi connectivity index (χ1v) is 11.2. The molecule has 8 heteroatoms. The van der Waals surface area contributed by atoms with Crippen LogP contribution in [0.15, 0.2) is 24.3 Å². The largest absolute Gasteiger partial charge is 0.373 e. The number of benzene rings is 1. The Hall–Kier alpha value is -2.45. The molecule has 168 valence electrons. The van der Waals surface area contributed by atoms with Crippen molar-refractivity contribution >= 4 is 23.5 Å². The molecule has 2 heterocycles. The lowest BCUT2D eigenvalue weighted by molar-refractivity contribution is -0.136. The molecule has 3 unspecified atom stereocenters. The average molecular weight is 429 g/mol. The van der Waals surface area contributed by atoms with E-state index >= 15 is 0 Å². The fourth-order valence-electron chi connectivity index (χ4n) is 5.10. The Labute approximate surface area is 183 Å². The van der Waals surface area contributed by atoms with Crippen LogP contribution in [-0.2, 0) is 20.9 Å². The lowest BCUT2D eigenvalue weighted by atomic mass is 9.97. The van der Waals surface area contributed by atoms with Crippen LogP contribution >= 0.6 is 0 Å². The monoisotopic (exact) mass is 428 g/mol. The number of rotatable bonds is 5. The Morgan fingerprint density at radius 3 is 2.52 bits per heavy atom. The molecule has 3 fully saturated rings. The third-order valence-corrected chi connectivity index (χ3v) is 6.58. The van der Waals surface area contributed by atoms with Gasteiger partial charge < -0.3 is 15.4 Å². The van der Waals surface area contributed by atoms with Gasteiger partial charge in [-0.15, -0.1) is 0 Å². The number of hydrogen-bond acceptors (Lipinski definition) is 5. The van der Waals surface area contributed by atoms with Gasteiger partial charge in [-0.1, -0.05) is 31.0 Å². The first-order valence-electron chi connectivity index (χ1n) is 11.2. The minimum absolute atomic E-state index is 0.160. The second-order valence-corrected chi connectivity index (χ2v) is 9.17. The number of urea groups is 1. The maximum absolute atomic E-state index is 13.0. The van der Waals surface area contributed by atoms with E-state index in [0.29, 0.717) is 25.1 Å². The summed E-state index contributed by atoms with van der Waals surface area (Å²) in [6.07, 6.45) is 3.42. The molecule has 0 aromatic heterocycles. The predicted octanol–water partition coefficient (Wildman–Crippen LogP) is 2.49. The molecule has 1 aromatic carbocycles. The van der Waals surface area contributed by atoms with E-state index in [0.717, 1.165) is 36.4 Å². The lowest BCUT2D eigenvalue weighted by Gasteiger charge is -2.35. The van der Waals surface area contributed by atoms with Crippen LogP contribution in [0, 0.1) is 0 Å². The van der Waals surface area contributed by atoms with Crippen LogP contribution in [-0.4, -0.2) is 64.5 Å². The van der Waals surface area contributed by atoms with Crippen LogP contribution in [0.25, 0.3) is 0 Å². The van der Waals surface area contributed by atoms with E-state index in [9.17, 15) is 14.4 Å². The van der Waals surface area contributed by atoms with E-state index in [1.165, 1.54) is 0 Å². The molecule has 0 bridgehead atoms. The molecule has 4 rings (SSSR count). The molecule has 2 aliphatic heterocycles. The number of carbonyl (C=O) groups is 3. The molecule has 3 aliphatic rings. The zero-order valence-electron chi connectivity index (χ0n) is 18.5. The quantitative estimate of drug-likeness (QED) is 0.703. The topological polar surface area (TPSA) is 91.0 Å². The van der Waals surface area contributed by atoms with Gasteiger partial charge >= 0.3 is 6.03 Å². The molecular formula is C23H32N4O4. The van der Waals surface area contributed by atoms with Crippen molar-refractivity contribution in [2.45, 2.75) is 76.8 Å². The maximum atomic E-state index is 13.0. The molecular weight excluding hydrogens is 396 g/mol. The van der Waals surface area contributed by atoms with Crippen molar-refractivity contribution in [3.05, 3.63) is 29.8 Å². The minimum atomic E-state index is -0.885. The molecule has 31 heavy (non-hydrogen) atoms. The fourth-order valence-corrected chi connectivity index (χ4v) is 5.10. The number of ether oxygens (including phenoxy) is 1. The van der Waals surface area contributed by atoms with Crippen molar-refractivity contribution < 1.29 is 19.1 Å². The minimum Gasteiger partial charge on any atom is -0.373 e. The molecule has 1 spiro atoms. The fraction of sp³-hybridized carbons (Fsp3) is 0.609. The number of hydrogen-bond donors (Lipinski definition) is 2. The molecule has 2 saturated heterocycles. The number of morpholine rings is 1. The number of para-hydroxylation sites is 1. The van der Waals surface area contributed by atoms with Crippen molar-refractivity contribution in [3.8, 4) is 0 Å². The third kappa shape index (κ3) is 4.32. The molecule has 1 saturated carbocycles. The van der Waals surface area contributed by atoms with E-state index in [1.54, 1.807) is 6.92 Å². The van der Waals surface area contributed by atoms with Gasteiger partial charge in [0.1, 0.15) is 11.6 Å². The van der Waals surface area contributed by atoms with Gasteiger partial charge in [0.05, 0.1) is 12.2 Å². The number of nitrogens with zero attached hydrogens (tertiary/aromatic N) is 2. The van der Waals surface area contributed by atoms with Crippen LogP contribution < -0.4 is 10.6 Å². The van der Waals surface area contributed by atoms with Crippen molar-refractivity contribution in [1.29, 1.82) is 0 Å². The van der Waals surface area contributed by atoms with Gasteiger partial charge in [-0.3, -0.25) is 14.5 Å². The first-order chi connectivity index (χ1) is 14.8. The van der Waals surface area contributed by atoms with Gasteiger partial charge in [0.25, 0.3) is 5.91 Å². The summed E-state index contributed by atoms with van der Waals surface area (Å²) >= 11 is 0. The molecule has 4 amide bonds. The van der Waals surface area contributed by atoms with Crippen LogP contribution in [0.2, 0.25) is 0 Å². The summed E-state index contributed by atoms with van der Waals surface area (Å²) in [5.41, 5.74) is 0.885. The number of amides is 4. The van der Waals surface area contributed by atoms with Crippen LogP contribution in [0.5, 0.6) is 0 Å². The number of anilines is 1. The highest BCUT2D eigenvalue weighted by Gasteiger charge is 2.54. The van der Waals surface area contributed by atoms with Crippen molar-refractivity contribution in [3.63, 3.8) is 0 Å². The number of nitrogens with one attached hydrogen (secondary N) is 2. The Kier molecular flexibility index (Phi) is 6.03. The molecule has 1 aromatic rings. The standard InChI is InChI=1S/C23H32N4O4/c1-15-12-26(13-16(2)31-15)14-18-8-4-5-9-19(18)24-20(28)17(3)27-21(29)23(25-22(27)30)10-6-7-11-23/h4-5,8-9,15-17H,6-7,10-14H2,1-3H3,(H,24,28)(H,25,30). The summed E-state index contributed by atoms with van der Waals surface area (Å²) in [5, 5.41) is 5.79. The second-order valence-electron chi connectivity index (χ2n) is 9.17. The predicted molar refractivity (Wildman–Crippen MR) is 116 cm³/mol. The zero-order chi connectivity index (χ0) is 22.2. The lowest BCUT2D eigenvalue weighted by Crippen LogP contribution is -2.48. The summed E-state index contributed by atoms with van der Waals surface area (Å²) in [4.78, 5) is 41.9. The van der Waals surface area contributed by atoms with E-state index in [2.05, 4.69) is 29.4 Å². The highest BCUT2D eigenvalue weighted by Crippen LogP contribution is 2.36. The highest BCUT2D eigenvalue weighted by atomic mass is 16.5. The summed E-state index contributed by atoms with van der Waals surface area (Å²) in [5.74, 6) is -0.642. The zero-order valence-corrected chi connectivity index (χ0v) is 18.5. The average Bonchev–Trinajstić information content (AvgIpc) is 3.27. The first kappa shape index (κ1) is 21.8. The normalized spacial score (nSPS) is 26.9. The van der Waals surface area contributed by atoms with Crippen LogP contribution in [0.1, 0.15) is 52.0 Å². The van der Waals surface area contributed by atoms with E-state index in [4.69, 9.17) is 4.74 Å². The summed E-state index contributed by atoms with van der Waals surface area (Å²) in [6.45, 7) is 8.07. The van der Waals surface area contributed by atoms with Crippen molar-refractivity contribution in [2.24, 2.45) is 0 Å². The van der Waals surface area contributed by atoms with E-state index in [1.807, 2.05) is 24.3 Å². The number of carbonyl (C=O) groups excluding carboxylic acids is 3. The third-order valence-electron chi connectivity index (χ3n) is 6.58. The van der Waals surface area contributed by atoms with Crippen LogP contribution in [0.4, 0.5) is 10.5 Å². The van der Waals surface area contributed by atoms with Gasteiger partial charge in [-0.25, -0.2) is 9.69 Å². The maximum Gasteiger partial charge on any atom is 0.325 e. The molecule has 2 N–H and O–H groups in total. The summed E-state index contributed by atoms with van der Waals surface area (Å²) in [6, 6.07) is 6.31. The van der Waals surface area contributed by atoms with Gasteiger partial charge in [-0.05, 0) is 45.2 Å². The number of imide groups is 1. The Bertz CT molecular complexity index is 857. The van der Waals surface area contributed by atoms with Gasteiger partial charge in [0, 0.05) is 25.3 Å². The Morgan fingerprint density at radius 1 is 1.19 bits per heavy atom. The Balaban J connectivity index is 1.45. The second kappa shape index (κ2) is 8.59. The van der Waals surface area contributed by atoms with E-state index < -0.39 is 17.6 Å². The summed E-state index contributed by atoms with van der Waals surface area (Å²) < 4.78 is 5.81. The van der Waals surface area contributed by atoms with Gasteiger partial charge in [-0.2, -0.15) is 0 Å². The highest BCUT2D eigenvalue weighted by molar-refractivity contribution is 6.11. The summed E-state index contributed by atoms with van der Waals surface area (Å²) in [7, 11) is 0. The van der Waals surface area contributed by atoms with Crippen LogP contribution in [0.3, 0.4) is 0 Å². The van der Waals surface area contributed by atoms with E-state index in [-0.39, 0.29) is 24.0 Å². The van der Waals surface area contributed by atoms with Crippen molar-refractivity contribution in [1.82, 2.24) is 15.1 Å². The van der Waals surface area contributed by atoms with Gasteiger partial charge in [0.15, 0.2) is 0 Å². The SMILES string of the molecule is CC1CN(Cc2ccccc2NC(=O)C(C)N2C(=O)NC3(CCCC3)C2=O)CC(C)O1.